The van der Waals surface area contributed by atoms with Gasteiger partial charge in [-0.2, -0.15) is 11.8 Å². The Balaban J connectivity index is 1.94. The van der Waals surface area contributed by atoms with E-state index in [1.165, 1.54) is 5.75 Å². The second-order valence-electron chi connectivity index (χ2n) is 6.72. The van der Waals surface area contributed by atoms with Gasteiger partial charge in [-0.3, -0.25) is 9.89 Å². The van der Waals surface area contributed by atoms with Gasteiger partial charge in [0.05, 0.1) is 19.8 Å². The van der Waals surface area contributed by atoms with E-state index in [9.17, 15) is 0 Å². The van der Waals surface area contributed by atoms with Gasteiger partial charge < -0.3 is 15.0 Å². The van der Waals surface area contributed by atoms with Crippen LogP contribution in [0.25, 0.3) is 0 Å². The van der Waals surface area contributed by atoms with Gasteiger partial charge >= 0.3 is 0 Å². The van der Waals surface area contributed by atoms with E-state index >= 15 is 0 Å². The molecule has 2 rings (SSSR count). The summed E-state index contributed by atoms with van der Waals surface area (Å²) in [6.07, 6.45) is 0. The fraction of sp³-hybridized carbons (Fsp3) is 0.938. The maximum absolute atomic E-state index is 5.43. The lowest BCUT2D eigenvalue weighted by atomic mass is 10.2. The van der Waals surface area contributed by atoms with E-state index in [1.54, 1.807) is 0 Å². The molecule has 6 heteroatoms. The summed E-state index contributed by atoms with van der Waals surface area (Å²) in [5.41, 5.74) is 0. The van der Waals surface area contributed by atoms with Crippen LogP contribution in [-0.2, 0) is 4.74 Å². The Morgan fingerprint density at radius 1 is 1.32 bits per heavy atom. The van der Waals surface area contributed by atoms with E-state index in [-0.39, 0.29) is 0 Å². The van der Waals surface area contributed by atoms with Gasteiger partial charge in [0.2, 0.25) is 0 Å². The van der Waals surface area contributed by atoms with Crippen LogP contribution in [0.4, 0.5) is 0 Å². The third-order valence-corrected chi connectivity index (χ3v) is 5.53. The van der Waals surface area contributed by atoms with Gasteiger partial charge in [-0.15, -0.1) is 0 Å². The number of guanidine groups is 1. The molecule has 128 valence electrons. The molecule has 5 nitrogen and oxygen atoms in total. The molecular formula is C16H32N4OS. The van der Waals surface area contributed by atoms with Crippen LogP contribution in [0.5, 0.6) is 0 Å². The van der Waals surface area contributed by atoms with Crippen molar-refractivity contribution in [2.75, 3.05) is 58.2 Å². The standard InChI is InChI=1S/C16H32N4OS/c1-5-17-15(20-8-11-22-16(3,4)13-20)18-12-14(2)19-6-9-21-10-7-19/h14H,5-13H2,1-4H3,(H,17,18). The molecule has 0 aromatic rings. The fourth-order valence-corrected chi connectivity index (χ4v) is 4.09. The number of aliphatic imine (C=N–C) groups is 1. The van der Waals surface area contributed by atoms with Crippen LogP contribution in [0, 0.1) is 0 Å². The minimum Gasteiger partial charge on any atom is -0.379 e. The van der Waals surface area contributed by atoms with E-state index in [2.05, 4.69) is 54.6 Å². The van der Waals surface area contributed by atoms with Gasteiger partial charge in [0.15, 0.2) is 5.96 Å². The molecule has 22 heavy (non-hydrogen) atoms. The van der Waals surface area contributed by atoms with E-state index in [4.69, 9.17) is 9.73 Å². The normalized spacial score (nSPS) is 25.1. The topological polar surface area (TPSA) is 40.1 Å². The minimum atomic E-state index is 0.310. The van der Waals surface area contributed by atoms with Crippen molar-refractivity contribution in [2.45, 2.75) is 38.5 Å². The van der Waals surface area contributed by atoms with Crippen LogP contribution in [0.3, 0.4) is 0 Å². The molecule has 2 saturated heterocycles. The number of morpholine rings is 1. The first-order chi connectivity index (χ1) is 10.5. The maximum Gasteiger partial charge on any atom is 0.194 e. The first kappa shape index (κ1) is 17.9. The molecule has 1 atom stereocenters. The van der Waals surface area contributed by atoms with Crippen molar-refractivity contribution in [1.82, 2.24) is 15.1 Å². The van der Waals surface area contributed by atoms with Crippen LogP contribution >= 0.6 is 11.8 Å². The van der Waals surface area contributed by atoms with Crippen LogP contribution in [0.15, 0.2) is 4.99 Å². The van der Waals surface area contributed by atoms with E-state index in [0.717, 1.165) is 58.4 Å². The maximum atomic E-state index is 5.43. The summed E-state index contributed by atoms with van der Waals surface area (Å²) in [5.74, 6) is 2.26. The summed E-state index contributed by atoms with van der Waals surface area (Å²) in [5, 5.41) is 3.47. The summed E-state index contributed by atoms with van der Waals surface area (Å²) in [6, 6.07) is 0.477. The smallest absolute Gasteiger partial charge is 0.194 e. The average molecular weight is 329 g/mol. The Bertz CT molecular complexity index is 369. The first-order valence-electron chi connectivity index (χ1n) is 8.51. The molecule has 2 heterocycles. The fourth-order valence-electron chi connectivity index (χ4n) is 2.98. The monoisotopic (exact) mass is 328 g/mol. The quantitative estimate of drug-likeness (QED) is 0.626. The molecule has 1 N–H and O–H groups in total. The molecule has 1 unspecified atom stereocenters. The molecule has 2 fully saturated rings. The van der Waals surface area contributed by atoms with Gasteiger partial charge in [0, 0.05) is 49.3 Å². The average Bonchev–Trinajstić information content (AvgIpc) is 2.51. The second kappa shape index (κ2) is 8.41. The SMILES string of the molecule is CCNC(=NCC(C)N1CCOCC1)N1CCSC(C)(C)C1. The molecular weight excluding hydrogens is 296 g/mol. The minimum absolute atomic E-state index is 0.310. The molecule has 0 aromatic carbocycles. The molecule has 0 spiro atoms. The number of hydrogen-bond donors (Lipinski definition) is 1. The Kier molecular flexibility index (Phi) is 6.84. The van der Waals surface area contributed by atoms with Gasteiger partial charge in [0.1, 0.15) is 0 Å². The third-order valence-electron chi connectivity index (χ3n) is 4.23. The zero-order valence-corrected chi connectivity index (χ0v) is 15.4. The Hall–Kier alpha value is -0.460. The Morgan fingerprint density at radius 2 is 2.05 bits per heavy atom. The lowest BCUT2D eigenvalue weighted by molar-refractivity contribution is 0.0220. The van der Waals surface area contributed by atoms with E-state index < -0.39 is 0 Å². The summed E-state index contributed by atoms with van der Waals surface area (Å²) < 4.78 is 5.74. The van der Waals surface area contributed by atoms with Crippen molar-refractivity contribution in [3.8, 4) is 0 Å². The van der Waals surface area contributed by atoms with Crippen LogP contribution in [-0.4, -0.2) is 84.8 Å². The highest BCUT2D eigenvalue weighted by atomic mass is 32.2. The van der Waals surface area contributed by atoms with Gasteiger partial charge in [0.25, 0.3) is 0 Å². The zero-order valence-electron chi connectivity index (χ0n) is 14.6. The highest BCUT2D eigenvalue weighted by molar-refractivity contribution is 8.00. The van der Waals surface area contributed by atoms with E-state index in [1.807, 2.05) is 0 Å². The van der Waals surface area contributed by atoms with Crippen molar-refractivity contribution in [2.24, 2.45) is 4.99 Å². The molecule has 0 radical (unpaired) electrons. The number of thioether (sulfide) groups is 1. The Labute approximate surface area is 139 Å². The summed E-state index contributed by atoms with van der Waals surface area (Å²) in [7, 11) is 0. The summed E-state index contributed by atoms with van der Waals surface area (Å²) in [4.78, 5) is 9.82. The lowest BCUT2D eigenvalue weighted by Crippen LogP contribution is -2.51. The predicted octanol–water partition coefficient (Wildman–Crippen LogP) is 1.50. The summed E-state index contributed by atoms with van der Waals surface area (Å²) >= 11 is 2.06. The molecule has 0 aliphatic carbocycles. The Morgan fingerprint density at radius 3 is 2.68 bits per heavy atom. The van der Waals surface area contributed by atoms with Crippen molar-refractivity contribution in [3.05, 3.63) is 0 Å². The van der Waals surface area contributed by atoms with Crippen molar-refractivity contribution in [1.29, 1.82) is 0 Å². The molecule has 0 bridgehead atoms. The highest BCUT2D eigenvalue weighted by Gasteiger charge is 2.28. The molecule has 0 saturated carbocycles. The van der Waals surface area contributed by atoms with E-state index in [0.29, 0.717) is 10.8 Å². The van der Waals surface area contributed by atoms with Crippen molar-refractivity contribution >= 4 is 17.7 Å². The van der Waals surface area contributed by atoms with Crippen LogP contribution in [0.1, 0.15) is 27.7 Å². The summed E-state index contributed by atoms with van der Waals surface area (Å²) in [6.45, 7) is 16.8. The van der Waals surface area contributed by atoms with Crippen molar-refractivity contribution < 1.29 is 4.74 Å². The highest BCUT2D eigenvalue weighted by Crippen LogP contribution is 2.29. The first-order valence-corrected chi connectivity index (χ1v) is 9.49. The lowest BCUT2D eigenvalue weighted by Gasteiger charge is -2.39. The number of hydrogen-bond acceptors (Lipinski definition) is 4. The van der Waals surface area contributed by atoms with Gasteiger partial charge in [-0.25, -0.2) is 0 Å². The number of rotatable bonds is 4. The molecule has 2 aliphatic heterocycles. The van der Waals surface area contributed by atoms with Gasteiger partial charge in [-0.1, -0.05) is 0 Å². The molecule has 2 aliphatic rings. The third kappa shape index (κ3) is 5.32. The number of nitrogens with one attached hydrogen (secondary N) is 1. The second-order valence-corrected chi connectivity index (χ2v) is 8.52. The molecule has 0 aromatic heterocycles. The van der Waals surface area contributed by atoms with Crippen LogP contribution < -0.4 is 5.32 Å². The van der Waals surface area contributed by atoms with Crippen molar-refractivity contribution in [3.63, 3.8) is 0 Å². The number of nitrogens with zero attached hydrogens (tertiary/aromatic N) is 3. The van der Waals surface area contributed by atoms with Crippen LogP contribution in [0.2, 0.25) is 0 Å². The number of ether oxygens (including phenoxy) is 1. The predicted molar refractivity (Wildman–Crippen MR) is 95.9 cm³/mol. The zero-order chi connectivity index (χ0) is 16.0. The van der Waals surface area contributed by atoms with Gasteiger partial charge in [-0.05, 0) is 27.7 Å². The molecule has 0 amide bonds. The largest absolute Gasteiger partial charge is 0.379 e.